The van der Waals surface area contributed by atoms with E-state index in [0.717, 1.165) is 0 Å². The van der Waals surface area contributed by atoms with Gasteiger partial charge in [-0.05, 0) is 6.92 Å². The van der Waals surface area contributed by atoms with E-state index in [1.54, 1.807) is 0 Å². The number of nitrogens with zero attached hydrogens (tertiary/aromatic N) is 2. The monoisotopic (exact) mass is 211 g/mol. The summed E-state index contributed by atoms with van der Waals surface area (Å²) in [6.07, 6.45) is -2.52. The number of amidine groups is 1. The van der Waals surface area contributed by atoms with Crippen LogP contribution in [0.3, 0.4) is 0 Å². The lowest BCUT2D eigenvalue weighted by atomic mass is 10.2. The van der Waals surface area contributed by atoms with Crippen molar-refractivity contribution < 1.29 is 19.1 Å². The molecule has 0 aliphatic rings. The first-order valence-corrected chi connectivity index (χ1v) is 4.13. The van der Waals surface area contributed by atoms with Crippen LogP contribution in [-0.2, 0) is 0 Å². The Bertz CT molecular complexity index is 190. The highest BCUT2D eigenvalue weighted by Gasteiger charge is 2.20. The van der Waals surface area contributed by atoms with Gasteiger partial charge in [0.2, 0.25) is 0 Å². The van der Waals surface area contributed by atoms with Crippen molar-refractivity contribution >= 4 is 5.84 Å². The molecule has 84 valence electrons. The summed E-state index contributed by atoms with van der Waals surface area (Å²) in [6, 6.07) is -0.624. The zero-order valence-corrected chi connectivity index (χ0v) is 7.90. The fraction of sp³-hybridized carbons (Fsp3) is 0.857. The number of rotatable bonds is 6. The topological polar surface area (TPSA) is 82.1 Å². The van der Waals surface area contributed by atoms with Gasteiger partial charge in [0, 0.05) is 6.54 Å². The zero-order valence-electron chi connectivity index (χ0n) is 7.90. The van der Waals surface area contributed by atoms with Crippen molar-refractivity contribution in [2.24, 2.45) is 10.9 Å². The van der Waals surface area contributed by atoms with E-state index in [1.807, 2.05) is 0 Å². The van der Waals surface area contributed by atoms with Crippen LogP contribution in [0.5, 0.6) is 0 Å². The van der Waals surface area contributed by atoms with Crippen LogP contribution in [0, 0.1) is 0 Å². The Morgan fingerprint density at radius 2 is 2.14 bits per heavy atom. The number of nitrogens with two attached hydrogens (primary N) is 1. The highest BCUT2D eigenvalue weighted by Crippen LogP contribution is 2.03. The summed E-state index contributed by atoms with van der Waals surface area (Å²) in [5.41, 5.74) is 5.26. The quantitative estimate of drug-likeness (QED) is 0.243. The lowest BCUT2D eigenvalue weighted by Gasteiger charge is -2.26. The minimum Gasteiger partial charge on any atom is -0.409 e. The molecule has 0 aromatic carbocycles. The number of hydrogen-bond donors (Lipinski definition) is 3. The Morgan fingerprint density at radius 1 is 1.57 bits per heavy atom. The van der Waals surface area contributed by atoms with E-state index in [0.29, 0.717) is 0 Å². The van der Waals surface area contributed by atoms with Crippen LogP contribution >= 0.6 is 0 Å². The molecule has 4 N–H and O–H groups in total. The Kier molecular flexibility index (Phi) is 6.06. The van der Waals surface area contributed by atoms with E-state index >= 15 is 0 Å². The predicted octanol–water partition coefficient (Wildman–Crippen LogP) is -0.319. The van der Waals surface area contributed by atoms with E-state index in [9.17, 15) is 8.78 Å². The van der Waals surface area contributed by atoms with Gasteiger partial charge in [-0.1, -0.05) is 5.16 Å². The summed E-state index contributed by atoms with van der Waals surface area (Å²) in [4.78, 5) is 1.24. The molecule has 0 spiro atoms. The summed E-state index contributed by atoms with van der Waals surface area (Å²) in [7, 11) is 0. The number of halogens is 2. The number of aliphatic hydroxyl groups excluding tert-OH is 1. The van der Waals surface area contributed by atoms with E-state index in [2.05, 4.69) is 5.16 Å². The van der Waals surface area contributed by atoms with Crippen molar-refractivity contribution in [1.29, 1.82) is 0 Å². The van der Waals surface area contributed by atoms with Crippen LogP contribution in [0.25, 0.3) is 0 Å². The number of hydrogen-bond acceptors (Lipinski definition) is 4. The van der Waals surface area contributed by atoms with Gasteiger partial charge in [-0.3, -0.25) is 4.90 Å². The van der Waals surface area contributed by atoms with Crippen LogP contribution < -0.4 is 5.73 Å². The summed E-state index contributed by atoms with van der Waals surface area (Å²) >= 11 is 0. The summed E-state index contributed by atoms with van der Waals surface area (Å²) < 4.78 is 24.1. The number of aliphatic hydroxyl groups is 1. The lowest BCUT2D eigenvalue weighted by Crippen LogP contribution is -2.46. The van der Waals surface area contributed by atoms with Crippen molar-refractivity contribution in [2.45, 2.75) is 19.4 Å². The summed E-state index contributed by atoms with van der Waals surface area (Å²) in [5, 5.41) is 19.7. The second kappa shape index (κ2) is 6.50. The van der Waals surface area contributed by atoms with Crippen LogP contribution in [0.1, 0.15) is 6.92 Å². The highest BCUT2D eigenvalue weighted by molar-refractivity contribution is 5.84. The van der Waals surface area contributed by atoms with Crippen LogP contribution in [0.4, 0.5) is 8.78 Å². The van der Waals surface area contributed by atoms with Gasteiger partial charge in [-0.25, -0.2) is 8.78 Å². The molecule has 0 heterocycles. The maximum absolute atomic E-state index is 12.1. The van der Waals surface area contributed by atoms with Gasteiger partial charge in [0.05, 0.1) is 19.2 Å². The third kappa shape index (κ3) is 4.33. The molecule has 1 unspecified atom stereocenters. The SMILES string of the molecule is CC(C(N)=NO)N(CCO)CC(F)F. The maximum atomic E-state index is 12.1. The molecular weight excluding hydrogens is 196 g/mol. The second-order valence-corrected chi connectivity index (χ2v) is 2.81. The Hall–Kier alpha value is -0.950. The molecule has 7 heteroatoms. The van der Waals surface area contributed by atoms with Crippen molar-refractivity contribution in [1.82, 2.24) is 4.90 Å². The van der Waals surface area contributed by atoms with E-state index < -0.39 is 19.0 Å². The molecule has 0 amide bonds. The zero-order chi connectivity index (χ0) is 11.1. The first kappa shape index (κ1) is 13.1. The van der Waals surface area contributed by atoms with Gasteiger partial charge in [0.1, 0.15) is 0 Å². The molecule has 1 atom stereocenters. The largest absolute Gasteiger partial charge is 0.409 e. The third-order valence-electron chi connectivity index (χ3n) is 1.85. The van der Waals surface area contributed by atoms with Gasteiger partial charge >= 0.3 is 0 Å². The molecule has 0 saturated heterocycles. The Labute approximate surface area is 80.8 Å². The molecule has 0 rings (SSSR count). The standard InChI is InChI=1S/C7H15F2N3O2/c1-5(7(10)11-14)12(2-3-13)4-6(8)9/h5-6,13-14H,2-4H2,1H3,(H2,10,11). The van der Waals surface area contributed by atoms with Crippen molar-refractivity contribution in [2.75, 3.05) is 19.7 Å². The molecule has 5 nitrogen and oxygen atoms in total. The first-order valence-electron chi connectivity index (χ1n) is 4.13. The second-order valence-electron chi connectivity index (χ2n) is 2.81. The number of oxime groups is 1. The van der Waals surface area contributed by atoms with Gasteiger partial charge in [0.25, 0.3) is 6.43 Å². The molecule has 0 aliphatic carbocycles. The average Bonchev–Trinajstić information content (AvgIpc) is 2.14. The predicted molar refractivity (Wildman–Crippen MR) is 47.5 cm³/mol. The number of alkyl halides is 2. The van der Waals surface area contributed by atoms with Crippen LogP contribution in [0.2, 0.25) is 0 Å². The molecule has 0 aliphatic heterocycles. The van der Waals surface area contributed by atoms with Gasteiger partial charge in [-0.15, -0.1) is 0 Å². The molecule has 0 saturated carbocycles. The van der Waals surface area contributed by atoms with Crippen molar-refractivity contribution in [3.63, 3.8) is 0 Å². The minimum atomic E-state index is -2.52. The fourth-order valence-electron chi connectivity index (χ4n) is 1.02. The molecule has 0 aromatic rings. The molecule has 0 aromatic heterocycles. The molecule has 0 bridgehead atoms. The van der Waals surface area contributed by atoms with Gasteiger partial charge in [0.15, 0.2) is 5.84 Å². The molecule has 0 fully saturated rings. The highest BCUT2D eigenvalue weighted by atomic mass is 19.3. The Morgan fingerprint density at radius 3 is 2.50 bits per heavy atom. The van der Waals surface area contributed by atoms with Crippen molar-refractivity contribution in [3.05, 3.63) is 0 Å². The maximum Gasteiger partial charge on any atom is 0.251 e. The summed E-state index contributed by atoms with van der Waals surface area (Å²) in [6.45, 7) is 0.808. The molecule has 14 heavy (non-hydrogen) atoms. The van der Waals surface area contributed by atoms with Crippen LogP contribution in [-0.4, -0.2) is 53.2 Å². The van der Waals surface area contributed by atoms with Crippen LogP contribution in [0.15, 0.2) is 5.16 Å². The lowest BCUT2D eigenvalue weighted by molar-refractivity contribution is 0.0709. The molecule has 0 radical (unpaired) electrons. The first-order chi connectivity index (χ1) is 6.52. The Balaban J connectivity index is 4.31. The van der Waals surface area contributed by atoms with Gasteiger partial charge < -0.3 is 16.0 Å². The van der Waals surface area contributed by atoms with E-state index in [-0.39, 0.29) is 19.0 Å². The van der Waals surface area contributed by atoms with Gasteiger partial charge in [-0.2, -0.15) is 0 Å². The molecular formula is C7H15F2N3O2. The smallest absolute Gasteiger partial charge is 0.251 e. The average molecular weight is 211 g/mol. The van der Waals surface area contributed by atoms with Crippen molar-refractivity contribution in [3.8, 4) is 0 Å². The minimum absolute atomic E-state index is 0.0573. The van der Waals surface area contributed by atoms with E-state index in [1.165, 1.54) is 11.8 Å². The fourth-order valence-corrected chi connectivity index (χ4v) is 1.02. The summed E-state index contributed by atoms with van der Waals surface area (Å²) in [5.74, 6) is -0.154. The normalized spacial score (nSPS) is 15.1. The van der Waals surface area contributed by atoms with E-state index in [4.69, 9.17) is 16.0 Å². The third-order valence-corrected chi connectivity index (χ3v) is 1.85.